The lowest BCUT2D eigenvalue weighted by Gasteiger charge is -2.08. The van der Waals surface area contributed by atoms with Gasteiger partial charge in [-0.2, -0.15) is 9.98 Å². The first-order valence-electron chi connectivity index (χ1n) is 5.67. The van der Waals surface area contributed by atoms with E-state index in [-0.39, 0.29) is 11.6 Å². The number of unbranched alkanes of at least 4 members (excludes halogenated alkanes) is 1. The van der Waals surface area contributed by atoms with E-state index in [0.29, 0.717) is 25.7 Å². The maximum Gasteiger partial charge on any atom is 0.235 e. The first-order valence-corrected chi connectivity index (χ1v) is 5.67. The van der Waals surface area contributed by atoms with E-state index in [1.54, 1.807) is 0 Å². The van der Waals surface area contributed by atoms with Gasteiger partial charge in [-0.05, 0) is 26.7 Å². The van der Waals surface area contributed by atoms with E-state index < -0.39 is 12.1 Å². The zero-order chi connectivity index (χ0) is 14.0. The largest absolute Gasteiger partial charge is 0.298 e. The Morgan fingerprint density at radius 2 is 1.22 bits per heavy atom. The van der Waals surface area contributed by atoms with Crippen molar-refractivity contribution in [3.63, 3.8) is 0 Å². The summed E-state index contributed by atoms with van der Waals surface area (Å²) in [4.78, 5) is 49.1. The lowest BCUT2D eigenvalue weighted by Crippen LogP contribution is -2.17. The fourth-order valence-corrected chi connectivity index (χ4v) is 1.52. The second-order valence-electron chi connectivity index (χ2n) is 3.98. The minimum Gasteiger partial charge on any atom is -0.298 e. The fraction of sp³-hybridized carbons (Fsp3) is 0.667. The molecular formula is C12H16N2O4. The van der Waals surface area contributed by atoms with Crippen LogP contribution in [0, 0.1) is 0 Å². The standard InChI is InChI=1S/C12H16N2O4/c1-9(17)11(13-7-15)5-3-4-6-12(10(2)18)14-8-16/h11-12H,3-6H2,1-2H3. The Hall–Kier alpha value is -1.90. The summed E-state index contributed by atoms with van der Waals surface area (Å²) >= 11 is 0. The van der Waals surface area contributed by atoms with E-state index in [9.17, 15) is 19.2 Å². The number of nitrogens with zero attached hydrogens (tertiary/aromatic N) is 2. The van der Waals surface area contributed by atoms with Gasteiger partial charge in [0.15, 0.2) is 11.6 Å². The molecule has 0 aromatic carbocycles. The summed E-state index contributed by atoms with van der Waals surface area (Å²) in [5.74, 6) is -0.375. The number of rotatable bonds is 9. The molecule has 0 aromatic rings. The highest BCUT2D eigenvalue weighted by atomic mass is 16.1. The van der Waals surface area contributed by atoms with Gasteiger partial charge in [0.25, 0.3) is 0 Å². The van der Waals surface area contributed by atoms with Gasteiger partial charge in [0.2, 0.25) is 12.2 Å². The normalized spacial score (nSPS) is 12.8. The highest BCUT2D eigenvalue weighted by Gasteiger charge is 2.15. The molecule has 2 unspecified atom stereocenters. The van der Waals surface area contributed by atoms with Crippen LogP contribution in [0.2, 0.25) is 0 Å². The highest BCUT2D eigenvalue weighted by molar-refractivity contribution is 5.82. The van der Waals surface area contributed by atoms with Gasteiger partial charge in [0, 0.05) is 0 Å². The van der Waals surface area contributed by atoms with Gasteiger partial charge in [0.05, 0.1) is 0 Å². The maximum absolute atomic E-state index is 11.1. The Labute approximate surface area is 105 Å². The predicted molar refractivity (Wildman–Crippen MR) is 63.6 cm³/mol. The van der Waals surface area contributed by atoms with Gasteiger partial charge in [-0.1, -0.05) is 12.8 Å². The number of aliphatic imine (C=N–C) groups is 2. The zero-order valence-corrected chi connectivity index (χ0v) is 10.5. The number of ketones is 2. The van der Waals surface area contributed by atoms with Gasteiger partial charge in [-0.3, -0.25) is 9.59 Å². The third kappa shape index (κ3) is 6.63. The molecule has 0 N–H and O–H groups in total. The molecule has 0 aliphatic heterocycles. The van der Waals surface area contributed by atoms with Gasteiger partial charge < -0.3 is 0 Å². The van der Waals surface area contributed by atoms with E-state index in [1.165, 1.54) is 26.0 Å². The average molecular weight is 252 g/mol. The van der Waals surface area contributed by atoms with Crippen molar-refractivity contribution in [2.24, 2.45) is 9.98 Å². The van der Waals surface area contributed by atoms with Crippen LogP contribution in [0.3, 0.4) is 0 Å². The molecule has 0 aliphatic carbocycles. The minimum absolute atomic E-state index is 0.188. The Bertz CT molecular complexity index is 351. The van der Waals surface area contributed by atoms with Crippen molar-refractivity contribution in [1.82, 2.24) is 0 Å². The van der Waals surface area contributed by atoms with E-state index in [2.05, 4.69) is 9.98 Å². The molecule has 0 fully saturated rings. The molecule has 0 amide bonds. The third-order valence-electron chi connectivity index (χ3n) is 2.56. The average Bonchev–Trinajstić information content (AvgIpc) is 2.30. The number of Topliss-reactive ketones (excluding diaryl/α,β-unsaturated/α-hetero) is 2. The van der Waals surface area contributed by atoms with Crippen molar-refractivity contribution in [2.45, 2.75) is 51.6 Å². The summed E-state index contributed by atoms with van der Waals surface area (Å²) in [6, 6.07) is -1.32. The zero-order valence-electron chi connectivity index (χ0n) is 10.5. The Balaban J connectivity index is 4.10. The SMILES string of the molecule is CC(=O)C(CCCCC(N=C=O)C(C)=O)N=C=O. The van der Waals surface area contributed by atoms with E-state index in [1.807, 2.05) is 0 Å². The number of isocyanates is 2. The highest BCUT2D eigenvalue weighted by Crippen LogP contribution is 2.11. The summed E-state index contributed by atoms with van der Waals surface area (Å²) in [5.41, 5.74) is 0. The van der Waals surface area contributed by atoms with Gasteiger partial charge in [-0.25, -0.2) is 9.59 Å². The van der Waals surface area contributed by atoms with Crippen LogP contribution < -0.4 is 0 Å². The van der Waals surface area contributed by atoms with Gasteiger partial charge in [0.1, 0.15) is 12.1 Å². The molecule has 0 bridgehead atoms. The van der Waals surface area contributed by atoms with Crippen molar-refractivity contribution in [3.8, 4) is 0 Å². The first kappa shape index (κ1) is 16.1. The number of hydrogen-bond donors (Lipinski definition) is 0. The Kier molecular flexibility index (Phi) is 8.20. The van der Waals surface area contributed by atoms with Crippen molar-refractivity contribution < 1.29 is 19.2 Å². The molecule has 0 saturated carbocycles. The maximum atomic E-state index is 11.1. The van der Waals surface area contributed by atoms with Crippen LogP contribution in [0.15, 0.2) is 9.98 Å². The van der Waals surface area contributed by atoms with Crippen LogP contribution >= 0.6 is 0 Å². The van der Waals surface area contributed by atoms with Crippen LogP contribution in [0.5, 0.6) is 0 Å². The lowest BCUT2D eigenvalue weighted by atomic mass is 10.0. The van der Waals surface area contributed by atoms with Crippen LogP contribution in [-0.4, -0.2) is 35.8 Å². The van der Waals surface area contributed by atoms with Crippen LogP contribution in [0.4, 0.5) is 0 Å². The van der Waals surface area contributed by atoms with E-state index >= 15 is 0 Å². The molecule has 0 aromatic heterocycles. The van der Waals surface area contributed by atoms with Crippen molar-refractivity contribution in [3.05, 3.63) is 0 Å². The molecule has 0 aliphatic rings. The van der Waals surface area contributed by atoms with Gasteiger partial charge in [-0.15, -0.1) is 0 Å². The van der Waals surface area contributed by atoms with Crippen LogP contribution in [-0.2, 0) is 19.2 Å². The monoisotopic (exact) mass is 252 g/mol. The minimum atomic E-state index is -0.659. The quantitative estimate of drug-likeness (QED) is 0.349. The fourth-order valence-electron chi connectivity index (χ4n) is 1.52. The molecule has 0 saturated heterocycles. The number of carbonyl (C=O) groups excluding carboxylic acids is 4. The summed E-state index contributed by atoms with van der Waals surface area (Å²) < 4.78 is 0. The molecule has 6 nitrogen and oxygen atoms in total. The molecule has 0 radical (unpaired) electrons. The summed E-state index contributed by atoms with van der Waals surface area (Å²) in [7, 11) is 0. The predicted octanol–water partition coefficient (Wildman–Crippen LogP) is 1.13. The lowest BCUT2D eigenvalue weighted by molar-refractivity contribution is -0.119. The molecule has 6 heteroatoms. The molecule has 2 atom stereocenters. The summed E-state index contributed by atoms with van der Waals surface area (Å²) in [6.07, 6.45) is 4.83. The Morgan fingerprint density at radius 3 is 1.44 bits per heavy atom. The Morgan fingerprint density at radius 1 is 0.889 bits per heavy atom. The van der Waals surface area contributed by atoms with Gasteiger partial charge >= 0.3 is 0 Å². The molecule has 0 rings (SSSR count). The molecule has 0 spiro atoms. The first-order chi connectivity index (χ1) is 8.52. The topological polar surface area (TPSA) is 93.0 Å². The smallest absolute Gasteiger partial charge is 0.235 e. The molecular weight excluding hydrogens is 236 g/mol. The van der Waals surface area contributed by atoms with E-state index in [4.69, 9.17) is 0 Å². The third-order valence-corrected chi connectivity index (χ3v) is 2.56. The van der Waals surface area contributed by atoms with E-state index in [0.717, 1.165) is 0 Å². The van der Waals surface area contributed by atoms with Crippen LogP contribution in [0.25, 0.3) is 0 Å². The van der Waals surface area contributed by atoms with Crippen molar-refractivity contribution in [1.29, 1.82) is 0 Å². The van der Waals surface area contributed by atoms with Crippen LogP contribution in [0.1, 0.15) is 39.5 Å². The molecule has 0 heterocycles. The second-order valence-corrected chi connectivity index (χ2v) is 3.98. The second kappa shape index (κ2) is 9.16. The van der Waals surface area contributed by atoms with Crippen molar-refractivity contribution in [2.75, 3.05) is 0 Å². The molecule has 18 heavy (non-hydrogen) atoms. The summed E-state index contributed by atoms with van der Waals surface area (Å²) in [5, 5.41) is 0. The molecule has 98 valence electrons. The summed E-state index contributed by atoms with van der Waals surface area (Å²) in [6.45, 7) is 2.72. The van der Waals surface area contributed by atoms with Crippen molar-refractivity contribution >= 4 is 23.7 Å². The number of hydrogen-bond acceptors (Lipinski definition) is 6. The number of carbonyl (C=O) groups is 2.